The summed E-state index contributed by atoms with van der Waals surface area (Å²) in [5.41, 5.74) is 1.29. The lowest BCUT2D eigenvalue weighted by Gasteiger charge is -2.26. The molecule has 0 bridgehead atoms. The highest BCUT2D eigenvalue weighted by Gasteiger charge is 2.27. The van der Waals surface area contributed by atoms with Gasteiger partial charge in [-0.3, -0.25) is 10.1 Å². The number of hydrogen-bond donors (Lipinski definition) is 3. The predicted molar refractivity (Wildman–Crippen MR) is 129 cm³/mol. The SMILES string of the molecule is CSc1ccc(NC(=O)O[C@@H](c2ccccc2OCCO)[C@H](C)CCOC(=O)CS)cc1. The number of rotatable bonds is 12. The molecule has 2 rings (SSSR count). The molecule has 0 aromatic heterocycles. The number of benzene rings is 2. The molecule has 32 heavy (non-hydrogen) atoms. The molecule has 2 N–H and O–H groups in total. The molecule has 0 fully saturated rings. The standard InChI is InChI=1S/C23H29NO6S2/c1-16(11-13-29-21(26)15-31)22(19-5-3-4-6-20(19)28-14-12-25)30-23(27)24-17-7-9-18(32-2)10-8-17/h3-10,16,22,25,31H,11-15H2,1-2H3,(H,24,27)/t16-,22-/m1/s1. The molecule has 9 heteroatoms. The Balaban J connectivity index is 2.17. The van der Waals surface area contributed by atoms with Crippen LogP contribution in [0.3, 0.4) is 0 Å². The molecular formula is C23H29NO6S2. The summed E-state index contributed by atoms with van der Waals surface area (Å²) in [6, 6.07) is 14.6. The molecule has 0 radical (unpaired) electrons. The van der Waals surface area contributed by atoms with Crippen LogP contribution in [0, 0.1) is 5.92 Å². The van der Waals surface area contributed by atoms with Crippen LogP contribution in [0.15, 0.2) is 53.4 Å². The van der Waals surface area contributed by atoms with Gasteiger partial charge in [0.2, 0.25) is 0 Å². The van der Waals surface area contributed by atoms with Gasteiger partial charge in [-0.25, -0.2) is 4.79 Å². The summed E-state index contributed by atoms with van der Waals surface area (Å²) in [5.74, 6) is -0.0747. The van der Waals surface area contributed by atoms with Crippen LogP contribution in [0.1, 0.15) is 25.0 Å². The van der Waals surface area contributed by atoms with Crippen LogP contribution in [0.25, 0.3) is 0 Å². The summed E-state index contributed by atoms with van der Waals surface area (Å²) in [7, 11) is 0. The van der Waals surface area contributed by atoms with Gasteiger partial charge in [-0.15, -0.1) is 11.8 Å². The summed E-state index contributed by atoms with van der Waals surface area (Å²) in [4.78, 5) is 25.2. The molecule has 0 aliphatic rings. The second-order valence-electron chi connectivity index (χ2n) is 6.93. The van der Waals surface area contributed by atoms with Crippen molar-refractivity contribution in [1.29, 1.82) is 0 Å². The zero-order valence-corrected chi connectivity index (χ0v) is 19.9. The van der Waals surface area contributed by atoms with E-state index in [-0.39, 0.29) is 31.5 Å². The lowest BCUT2D eigenvalue weighted by Crippen LogP contribution is -2.24. The summed E-state index contributed by atoms with van der Waals surface area (Å²) in [6.45, 7) is 2.06. The second-order valence-corrected chi connectivity index (χ2v) is 8.13. The quantitative estimate of drug-likeness (QED) is 0.233. The van der Waals surface area contributed by atoms with Gasteiger partial charge in [-0.05, 0) is 43.0 Å². The minimum atomic E-state index is -0.662. The molecule has 0 aliphatic carbocycles. The van der Waals surface area contributed by atoms with Crippen LogP contribution < -0.4 is 10.1 Å². The van der Waals surface area contributed by atoms with Crippen molar-refractivity contribution in [1.82, 2.24) is 0 Å². The number of thiol groups is 1. The predicted octanol–water partition coefficient (Wildman–Crippen LogP) is 4.57. The number of amides is 1. The number of ether oxygens (including phenoxy) is 3. The number of thioether (sulfide) groups is 1. The maximum Gasteiger partial charge on any atom is 0.412 e. The third-order valence-electron chi connectivity index (χ3n) is 4.63. The fraction of sp³-hybridized carbons (Fsp3) is 0.391. The van der Waals surface area contributed by atoms with E-state index in [0.29, 0.717) is 23.4 Å². The normalized spacial score (nSPS) is 12.5. The van der Waals surface area contributed by atoms with Gasteiger partial charge in [0.25, 0.3) is 0 Å². The van der Waals surface area contributed by atoms with Crippen LogP contribution in [0.2, 0.25) is 0 Å². The number of anilines is 1. The zero-order valence-electron chi connectivity index (χ0n) is 18.2. The molecule has 2 aromatic rings. The molecule has 0 heterocycles. The van der Waals surface area contributed by atoms with Gasteiger partial charge in [0.05, 0.1) is 19.0 Å². The van der Waals surface area contributed by atoms with Crippen LogP contribution in [0.5, 0.6) is 5.75 Å². The van der Waals surface area contributed by atoms with E-state index in [1.165, 1.54) is 0 Å². The third-order valence-corrected chi connectivity index (χ3v) is 5.63. The fourth-order valence-electron chi connectivity index (χ4n) is 2.98. The highest BCUT2D eigenvalue weighted by molar-refractivity contribution is 7.98. The molecular weight excluding hydrogens is 450 g/mol. The number of carbonyl (C=O) groups excluding carboxylic acids is 2. The number of aliphatic hydroxyl groups excluding tert-OH is 1. The Bertz CT molecular complexity index is 862. The van der Waals surface area contributed by atoms with E-state index < -0.39 is 18.2 Å². The number of nitrogens with one attached hydrogen (secondary N) is 1. The van der Waals surface area contributed by atoms with Crippen molar-refractivity contribution in [2.45, 2.75) is 24.3 Å². The maximum atomic E-state index is 12.7. The van der Waals surface area contributed by atoms with Crippen molar-refractivity contribution in [2.24, 2.45) is 5.92 Å². The molecule has 1 amide bonds. The van der Waals surface area contributed by atoms with E-state index in [2.05, 4.69) is 17.9 Å². The van der Waals surface area contributed by atoms with Gasteiger partial charge >= 0.3 is 12.1 Å². The van der Waals surface area contributed by atoms with Crippen molar-refractivity contribution in [3.8, 4) is 5.75 Å². The molecule has 0 spiro atoms. The second kappa shape index (κ2) is 13.9. The van der Waals surface area contributed by atoms with Gasteiger partial charge in [0.15, 0.2) is 0 Å². The number of aliphatic hydroxyl groups is 1. The number of esters is 1. The Kier molecular flexibility index (Phi) is 11.3. The first-order valence-electron chi connectivity index (χ1n) is 10.2. The summed E-state index contributed by atoms with van der Waals surface area (Å²) in [6.07, 6.45) is 1.17. The van der Waals surface area contributed by atoms with Crippen LogP contribution in [0.4, 0.5) is 10.5 Å². The highest BCUT2D eigenvalue weighted by atomic mass is 32.2. The zero-order chi connectivity index (χ0) is 23.3. The van der Waals surface area contributed by atoms with Crippen molar-refractivity contribution in [2.75, 3.05) is 37.1 Å². The number of para-hydroxylation sites is 1. The Labute approximate surface area is 198 Å². The first-order valence-corrected chi connectivity index (χ1v) is 12.0. The average Bonchev–Trinajstić information content (AvgIpc) is 2.81. The minimum Gasteiger partial charge on any atom is -0.491 e. The third kappa shape index (κ3) is 8.29. The average molecular weight is 480 g/mol. The highest BCUT2D eigenvalue weighted by Crippen LogP contribution is 2.35. The van der Waals surface area contributed by atoms with Gasteiger partial charge in [0.1, 0.15) is 18.5 Å². The Hall–Kier alpha value is -2.36. The Morgan fingerprint density at radius 2 is 1.84 bits per heavy atom. The van der Waals surface area contributed by atoms with Crippen molar-refractivity contribution >= 4 is 42.1 Å². The van der Waals surface area contributed by atoms with Crippen LogP contribution in [-0.4, -0.2) is 49.0 Å². The lowest BCUT2D eigenvalue weighted by molar-refractivity contribution is -0.141. The van der Waals surface area contributed by atoms with E-state index in [1.54, 1.807) is 36.0 Å². The Morgan fingerprint density at radius 3 is 2.50 bits per heavy atom. The molecule has 0 saturated heterocycles. The van der Waals surface area contributed by atoms with Gasteiger partial charge in [-0.2, -0.15) is 12.6 Å². The van der Waals surface area contributed by atoms with Crippen molar-refractivity contribution in [3.63, 3.8) is 0 Å². The van der Waals surface area contributed by atoms with Gasteiger partial charge in [0, 0.05) is 22.1 Å². The van der Waals surface area contributed by atoms with E-state index in [0.717, 1.165) is 4.90 Å². The van der Waals surface area contributed by atoms with Crippen LogP contribution >= 0.6 is 24.4 Å². The van der Waals surface area contributed by atoms with Gasteiger partial charge < -0.3 is 19.3 Å². The van der Waals surface area contributed by atoms with Crippen molar-refractivity contribution in [3.05, 3.63) is 54.1 Å². The molecule has 2 atom stereocenters. The molecule has 0 aliphatic heterocycles. The topological polar surface area (TPSA) is 94.1 Å². The number of hydrogen-bond acceptors (Lipinski definition) is 8. The molecule has 174 valence electrons. The van der Waals surface area contributed by atoms with E-state index in [9.17, 15) is 9.59 Å². The maximum absolute atomic E-state index is 12.7. The summed E-state index contributed by atoms with van der Waals surface area (Å²) < 4.78 is 16.6. The van der Waals surface area contributed by atoms with Gasteiger partial charge in [-0.1, -0.05) is 25.1 Å². The van der Waals surface area contributed by atoms with E-state index >= 15 is 0 Å². The molecule has 0 saturated carbocycles. The molecule has 7 nitrogen and oxygen atoms in total. The van der Waals surface area contributed by atoms with Crippen LogP contribution in [-0.2, 0) is 14.3 Å². The fourth-order valence-corrected chi connectivity index (χ4v) is 3.48. The minimum absolute atomic E-state index is 0.00385. The van der Waals surface area contributed by atoms with E-state index in [4.69, 9.17) is 19.3 Å². The summed E-state index contributed by atoms with van der Waals surface area (Å²) >= 11 is 5.51. The first kappa shape index (κ1) is 25.9. The first-order chi connectivity index (χ1) is 15.5. The number of carbonyl (C=O) groups is 2. The molecule has 0 unspecified atom stereocenters. The summed E-state index contributed by atoms with van der Waals surface area (Å²) in [5, 5.41) is 11.9. The lowest BCUT2D eigenvalue weighted by atomic mass is 9.94. The smallest absolute Gasteiger partial charge is 0.412 e. The van der Waals surface area contributed by atoms with Crippen molar-refractivity contribution < 1.29 is 28.9 Å². The van der Waals surface area contributed by atoms with E-state index in [1.807, 2.05) is 37.4 Å². The monoisotopic (exact) mass is 479 g/mol. The largest absolute Gasteiger partial charge is 0.491 e. The molecule has 2 aromatic carbocycles. The Morgan fingerprint density at radius 1 is 1.12 bits per heavy atom.